The van der Waals surface area contributed by atoms with Crippen molar-refractivity contribution in [1.29, 1.82) is 0 Å². The number of rotatable bonds is 6. The predicted octanol–water partition coefficient (Wildman–Crippen LogP) is 4.30. The van der Waals surface area contributed by atoms with Crippen molar-refractivity contribution in [3.63, 3.8) is 0 Å². The quantitative estimate of drug-likeness (QED) is 0.576. The van der Waals surface area contributed by atoms with Crippen LogP contribution in [0.4, 0.5) is 11.4 Å². The largest absolute Gasteiger partial charge is 0.493 e. The molecule has 3 aromatic rings. The number of ether oxygens (including phenoxy) is 2. The molecule has 0 spiro atoms. The normalized spacial score (nSPS) is 13.6. The summed E-state index contributed by atoms with van der Waals surface area (Å²) in [5.74, 6) is -0.00375. The van der Waals surface area contributed by atoms with E-state index in [2.05, 4.69) is 5.32 Å². The van der Waals surface area contributed by atoms with Gasteiger partial charge in [0.05, 0.1) is 18.5 Å². The average molecular weight is 442 g/mol. The van der Waals surface area contributed by atoms with Gasteiger partial charge in [-0.15, -0.1) is 0 Å². The van der Waals surface area contributed by atoms with Crippen molar-refractivity contribution in [2.45, 2.75) is 6.92 Å². The number of methoxy groups -OCH3 is 1. The van der Waals surface area contributed by atoms with E-state index in [9.17, 15) is 14.4 Å². The molecule has 0 saturated carbocycles. The van der Waals surface area contributed by atoms with Crippen LogP contribution in [0.1, 0.15) is 22.8 Å². The van der Waals surface area contributed by atoms with Gasteiger partial charge in [0, 0.05) is 18.2 Å². The van der Waals surface area contributed by atoms with E-state index in [0.29, 0.717) is 34.0 Å². The van der Waals surface area contributed by atoms with Gasteiger partial charge in [-0.3, -0.25) is 19.3 Å². The van der Waals surface area contributed by atoms with E-state index >= 15 is 0 Å². The minimum Gasteiger partial charge on any atom is -0.493 e. The lowest BCUT2D eigenvalue weighted by Gasteiger charge is -2.16. The Morgan fingerprint density at radius 3 is 2.42 bits per heavy atom. The first-order valence-electron chi connectivity index (χ1n) is 10.3. The Kier molecular flexibility index (Phi) is 6.22. The summed E-state index contributed by atoms with van der Waals surface area (Å²) in [7, 11) is 1.49. The molecular weight excluding hydrogens is 420 g/mol. The third-order valence-corrected chi connectivity index (χ3v) is 5.09. The van der Waals surface area contributed by atoms with E-state index in [-0.39, 0.29) is 29.9 Å². The third-order valence-electron chi connectivity index (χ3n) is 5.09. The van der Waals surface area contributed by atoms with Gasteiger partial charge in [-0.1, -0.05) is 36.4 Å². The highest BCUT2D eigenvalue weighted by molar-refractivity contribution is 6.26. The van der Waals surface area contributed by atoms with Gasteiger partial charge in [-0.2, -0.15) is 0 Å². The number of hydrogen-bond donors (Lipinski definition) is 1. The van der Waals surface area contributed by atoms with Crippen molar-refractivity contribution in [1.82, 2.24) is 0 Å². The number of amides is 2. The second-order valence-electron chi connectivity index (χ2n) is 7.34. The van der Waals surface area contributed by atoms with Crippen LogP contribution in [0.3, 0.4) is 0 Å². The minimum absolute atomic E-state index is 0.197. The van der Waals surface area contributed by atoms with Crippen LogP contribution in [-0.2, 0) is 9.59 Å². The van der Waals surface area contributed by atoms with Crippen LogP contribution in [0.25, 0.3) is 6.08 Å². The lowest BCUT2D eigenvalue weighted by atomic mass is 10.1. The zero-order chi connectivity index (χ0) is 23.4. The number of ketones is 1. The summed E-state index contributed by atoms with van der Waals surface area (Å²) in [5.41, 5.74) is 2.64. The SMILES string of the molecule is COc1cc(C=C2C(=O)c3ccccc3N2C(C)=O)ccc1OCC(=O)Nc1ccccc1. The Morgan fingerprint density at radius 1 is 0.970 bits per heavy atom. The van der Waals surface area contributed by atoms with Gasteiger partial charge in [0.2, 0.25) is 11.7 Å². The first-order chi connectivity index (χ1) is 16.0. The van der Waals surface area contributed by atoms with Crippen LogP contribution in [0, 0.1) is 0 Å². The molecule has 1 heterocycles. The van der Waals surface area contributed by atoms with Gasteiger partial charge in [-0.25, -0.2) is 0 Å². The maximum Gasteiger partial charge on any atom is 0.262 e. The number of Topliss-reactive ketones (excluding diaryl/α,β-unsaturated/α-hetero) is 1. The minimum atomic E-state index is -0.305. The monoisotopic (exact) mass is 442 g/mol. The molecule has 0 bridgehead atoms. The van der Waals surface area contributed by atoms with Gasteiger partial charge in [-0.05, 0) is 48.0 Å². The Bertz CT molecular complexity index is 1250. The van der Waals surface area contributed by atoms with Crippen LogP contribution in [0.15, 0.2) is 78.5 Å². The molecule has 33 heavy (non-hydrogen) atoms. The lowest BCUT2D eigenvalue weighted by Crippen LogP contribution is -2.25. The zero-order valence-electron chi connectivity index (χ0n) is 18.2. The molecule has 4 rings (SSSR count). The number of nitrogens with one attached hydrogen (secondary N) is 1. The number of allylic oxidation sites excluding steroid dienone is 1. The smallest absolute Gasteiger partial charge is 0.262 e. The van der Waals surface area contributed by atoms with Gasteiger partial charge < -0.3 is 14.8 Å². The van der Waals surface area contributed by atoms with Crippen LogP contribution >= 0.6 is 0 Å². The molecule has 3 aromatic carbocycles. The van der Waals surface area contributed by atoms with E-state index in [1.54, 1.807) is 60.7 Å². The van der Waals surface area contributed by atoms with Crippen molar-refractivity contribution >= 4 is 35.0 Å². The summed E-state index contributed by atoms with van der Waals surface area (Å²) in [6.45, 7) is 1.22. The molecule has 2 amide bonds. The van der Waals surface area contributed by atoms with Crippen LogP contribution < -0.4 is 19.7 Å². The van der Waals surface area contributed by atoms with E-state index in [1.165, 1.54) is 18.9 Å². The van der Waals surface area contributed by atoms with Crippen molar-refractivity contribution in [3.05, 3.63) is 89.6 Å². The molecule has 0 radical (unpaired) electrons. The Morgan fingerprint density at radius 2 is 1.70 bits per heavy atom. The fourth-order valence-electron chi connectivity index (χ4n) is 3.61. The number of fused-ring (bicyclic) bond motifs is 1. The third kappa shape index (κ3) is 4.62. The van der Waals surface area contributed by atoms with Gasteiger partial charge in [0.1, 0.15) is 0 Å². The Labute approximate surface area is 191 Å². The molecule has 166 valence electrons. The number of carbonyl (C=O) groups is 3. The topological polar surface area (TPSA) is 84.9 Å². The van der Waals surface area contributed by atoms with Gasteiger partial charge in [0.25, 0.3) is 5.91 Å². The predicted molar refractivity (Wildman–Crippen MR) is 125 cm³/mol. The molecule has 1 aliphatic heterocycles. The van der Waals surface area contributed by atoms with Crippen LogP contribution in [0.2, 0.25) is 0 Å². The average Bonchev–Trinajstić information content (AvgIpc) is 3.10. The highest BCUT2D eigenvalue weighted by Crippen LogP contribution is 2.36. The molecular formula is C26H22N2O5. The number of hydrogen-bond acceptors (Lipinski definition) is 5. The Balaban J connectivity index is 1.53. The van der Waals surface area contributed by atoms with E-state index in [4.69, 9.17) is 9.47 Å². The lowest BCUT2D eigenvalue weighted by molar-refractivity contribution is -0.118. The maximum absolute atomic E-state index is 12.9. The first kappa shape index (κ1) is 21.8. The van der Waals surface area contributed by atoms with Crippen LogP contribution in [0.5, 0.6) is 11.5 Å². The summed E-state index contributed by atoms with van der Waals surface area (Å²) in [6.07, 6.45) is 1.64. The van der Waals surface area contributed by atoms with Crippen molar-refractivity contribution < 1.29 is 23.9 Å². The van der Waals surface area contributed by atoms with E-state index in [0.717, 1.165) is 0 Å². The summed E-state index contributed by atoms with van der Waals surface area (Å²) in [5, 5.41) is 2.75. The molecule has 0 aromatic heterocycles. The molecule has 0 aliphatic carbocycles. The Hall–Kier alpha value is -4.39. The van der Waals surface area contributed by atoms with Crippen LogP contribution in [-0.4, -0.2) is 31.3 Å². The molecule has 0 unspecified atom stereocenters. The van der Waals surface area contributed by atoms with E-state index < -0.39 is 0 Å². The highest BCUT2D eigenvalue weighted by Gasteiger charge is 2.34. The number of para-hydroxylation sites is 2. The number of benzene rings is 3. The van der Waals surface area contributed by atoms with Gasteiger partial charge in [0.15, 0.2) is 18.1 Å². The number of nitrogens with zero attached hydrogens (tertiary/aromatic N) is 1. The molecule has 1 aliphatic rings. The van der Waals surface area contributed by atoms with Gasteiger partial charge >= 0.3 is 0 Å². The molecule has 7 heteroatoms. The fraction of sp³-hybridized carbons (Fsp3) is 0.115. The molecule has 1 N–H and O–H groups in total. The fourth-order valence-corrected chi connectivity index (χ4v) is 3.61. The summed E-state index contributed by atoms with van der Waals surface area (Å²) < 4.78 is 11.0. The highest BCUT2D eigenvalue weighted by atomic mass is 16.5. The standard InChI is InChI=1S/C26H22N2O5/c1-17(29)28-21-11-7-6-10-20(21)26(31)22(28)14-18-12-13-23(24(15-18)32-2)33-16-25(30)27-19-8-4-3-5-9-19/h3-15H,16H2,1-2H3,(H,27,30). The summed E-state index contributed by atoms with van der Waals surface area (Å²) in [6, 6.07) is 21.2. The van der Waals surface area contributed by atoms with Crippen molar-refractivity contribution in [3.8, 4) is 11.5 Å². The zero-order valence-corrected chi connectivity index (χ0v) is 18.2. The van der Waals surface area contributed by atoms with Crippen molar-refractivity contribution in [2.24, 2.45) is 0 Å². The number of anilines is 2. The van der Waals surface area contributed by atoms with E-state index in [1.807, 2.05) is 18.2 Å². The molecule has 7 nitrogen and oxygen atoms in total. The second-order valence-corrected chi connectivity index (χ2v) is 7.34. The van der Waals surface area contributed by atoms with Crippen molar-refractivity contribution in [2.75, 3.05) is 23.9 Å². The molecule has 0 atom stereocenters. The summed E-state index contributed by atoms with van der Waals surface area (Å²) >= 11 is 0. The summed E-state index contributed by atoms with van der Waals surface area (Å²) in [4.78, 5) is 38.7. The second kappa shape index (κ2) is 9.40. The first-order valence-corrected chi connectivity index (χ1v) is 10.3. The molecule has 0 fully saturated rings. The maximum atomic E-state index is 12.9. The molecule has 0 saturated heterocycles. The number of carbonyl (C=O) groups excluding carboxylic acids is 3.